The molecule has 0 spiro atoms. The number of para-hydroxylation sites is 2. The van der Waals surface area contributed by atoms with Crippen molar-refractivity contribution in [3.05, 3.63) is 41.2 Å². The van der Waals surface area contributed by atoms with E-state index in [-0.39, 0.29) is 16.9 Å². The van der Waals surface area contributed by atoms with Crippen LogP contribution in [0.1, 0.15) is 10.5 Å². The summed E-state index contributed by atoms with van der Waals surface area (Å²) in [6.07, 6.45) is 0. The smallest absolute Gasteiger partial charge is 0.300 e. The third-order valence-corrected chi connectivity index (χ3v) is 2.93. The van der Waals surface area contributed by atoms with Crippen molar-refractivity contribution in [2.24, 2.45) is 0 Å². The number of amides is 1. The molecule has 0 fully saturated rings. The van der Waals surface area contributed by atoms with Crippen LogP contribution in [0.3, 0.4) is 0 Å². The van der Waals surface area contributed by atoms with E-state index in [2.05, 4.69) is 25.8 Å². The minimum atomic E-state index is -0.391. The third-order valence-electron chi connectivity index (χ3n) is 2.74. The van der Waals surface area contributed by atoms with E-state index in [9.17, 15) is 4.79 Å². The van der Waals surface area contributed by atoms with E-state index in [1.807, 2.05) is 18.2 Å². The fraction of sp³-hybridized carbons (Fsp3) is 0.0769. The van der Waals surface area contributed by atoms with Crippen molar-refractivity contribution in [1.82, 2.24) is 20.5 Å². The van der Waals surface area contributed by atoms with Gasteiger partial charge in [-0.15, -0.1) is 10.2 Å². The largest absolute Gasteiger partial charge is 0.423 e. The van der Waals surface area contributed by atoms with Gasteiger partial charge < -0.3 is 15.1 Å². The summed E-state index contributed by atoms with van der Waals surface area (Å²) in [6.45, 7) is 0. The average molecular weight is 304 g/mol. The van der Waals surface area contributed by atoms with Gasteiger partial charge in [0.05, 0.1) is 5.69 Å². The molecule has 0 aliphatic rings. The molecule has 2 aromatic heterocycles. The summed E-state index contributed by atoms with van der Waals surface area (Å²) >= 11 is 5.81. The Balaban J connectivity index is 2.00. The predicted molar refractivity (Wildman–Crippen MR) is 77.7 cm³/mol. The quantitative estimate of drug-likeness (QED) is 0.771. The second kappa shape index (κ2) is 5.37. The second-order valence-corrected chi connectivity index (χ2v) is 4.51. The molecule has 8 heteroatoms. The zero-order valence-corrected chi connectivity index (χ0v) is 11.7. The molecule has 2 heterocycles. The number of carbonyl (C=O) groups is 1. The van der Waals surface area contributed by atoms with Gasteiger partial charge in [0.15, 0.2) is 16.4 Å². The van der Waals surface area contributed by atoms with Crippen LogP contribution in [0.25, 0.3) is 11.1 Å². The van der Waals surface area contributed by atoms with Gasteiger partial charge >= 0.3 is 0 Å². The van der Waals surface area contributed by atoms with Crippen LogP contribution in [0.2, 0.25) is 5.15 Å². The number of fused-ring (bicyclic) bond motifs is 1. The van der Waals surface area contributed by atoms with E-state index in [4.69, 9.17) is 16.0 Å². The van der Waals surface area contributed by atoms with Crippen molar-refractivity contribution >= 4 is 40.3 Å². The second-order valence-electron chi connectivity index (χ2n) is 4.12. The molecule has 106 valence electrons. The average Bonchev–Trinajstić information content (AvgIpc) is 2.89. The number of nitrogens with zero attached hydrogens (tertiary/aromatic N) is 3. The van der Waals surface area contributed by atoms with Crippen LogP contribution in [0.4, 0.5) is 11.7 Å². The lowest BCUT2D eigenvalue weighted by molar-refractivity contribution is 0.0958. The Labute approximate surface area is 124 Å². The molecule has 21 heavy (non-hydrogen) atoms. The number of oxazole rings is 1. The van der Waals surface area contributed by atoms with Gasteiger partial charge in [-0.1, -0.05) is 23.7 Å². The maximum atomic E-state index is 11.8. The summed E-state index contributed by atoms with van der Waals surface area (Å²) < 4.78 is 5.54. The number of hydrogen-bond acceptors (Lipinski definition) is 6. The summed E-state index contributed by atoms with van der Waals surface area (Å²) in [6, 6.07) is 9.04. The Morgan fingerprint density at radius 2 is 2.10 bits per heavy atom. The Kier molecular flexibility index (Phi) is 3.41. The minimum absolute atomic E-state index is 0.101. The Bertz CT molecular complexity index is 784. The SMILES string of the molecule is CNC(=O)c1nnc(Cl)cc1Nc1nc2ccccc2o1. The summed E-state index contributed by atoms with van der Waals surface area (Å²) in [4.78, 5) is 16.0. The first-order chi connectivity index (χ1) is 10.2. The fourth-order valence-electron chi connectivity index (χ4n) is 1.79. The van der Waals surface area contributed by atoms with Crippen LogP contribution in [0.5, 0.6) is 0 Å². The molecule has 2 N–H and O–H groups in total. The molecule has 0 atom stereocenters. The minimum Gasteiger partial charge on any atom is -0.423 e. The standard InChI is InChI=1S/C13H10ClN5O2/c1-15-12(20)11-8(6-10(14)18-19-11)17-13-16-7-4-2-3-5-9(7)21-13/h2-6H,1H3,(H,15,20)(H,16,17,18). The molecule has 0 bridgehead atoms. The van der Waals surface area contributed by atoms with Gasteiger partial charge in [0.2, 0.25) is 0 Å². The van der Waals surface area contributed by atoms with Crippen LogP contribution < -0.4 is 10.6 Å². The molecule has 7 nitrogen and oxygen atoms in total. The van der Waals surface area contributed by atoms with E-state index in [0.717, 1.165) is 0 Å². The van der Waals surface area contributed by atoms with E-state index in [1.165, 1.54) is 13.1 Å². The summed E-state index contributed by atoms with van der Waals surface area (Å²) in [5.74, 6) is -0.391. The molecule has 0 aliphatic heterocycles. The first-order valence-corrected chi connectivity index (χ1v) is 6.43. The van der Waals surface area contributed by atoms with E-state index in [0.29, 0.717) is 16.8 Å². The monoisotopic (exact) mass is 303 g/mol. The van der Waals surface area contributed by atoms with Gasteiger partial charge in [-0.05, 0) is 12.1 Å². The van der Waals surface area contributed by atoms with Crippen LogP contribution in [-0.2, 0) is 0 Å². The van der Waals surface area contributed by atoms with Gasteiger partial charge in [0.25, 0.3) is 11.9 Å². The van der Waals surface area contributed by atoms with Gasteiger partial charge in [-0.3, -0.25) is 4.79 Å². The van der Waals surface area contributed by atoms with Crippen molar-refractivity contribution in [2.75, 3.05) is 12.4 Å². The number of anilines is 2. The Morgan fingerprint density at radius 1 is 1.29 bits per heavy atom. The van der Waals surface area contributed by atoms with E-state index < -0.39 is 5.91 Å². The lowest BCUT2D eigenvalue weighted by atomic mass is 10.3. The summed E-state index contributed by atoms with van der Waals surface area (Å²) in [5.41, 5.74) is 1.80. The van der Waals surface area contributed by atoms with Crippen LogP contribution in [-0.4, -0.2) is 28.1 Å². The lowest BCUT2D eigenvalue weighted by Crippen LogP contribution is -2.21. The van der Waals surface area contributed by atoms with Crippen molar-refractivity contribution < 1.29 is 9.21 Å². The number of carbonyl (C=O) groups excluding carboxylic acids is 1. The predicted octanol–water partition coefficient (Wildman–Crippen LogP) is 2.37. The van der Waals surface area contributed by atoms with Gasteiger partial charge in [-0.25, -0.2) is 0 Å². The van der Waals surface area contributed by atoms with E-state index >= 15 is 0 Å². The van der Waals surface area contributed by atoms with Crippen LogP contribution in [0, 0.1) is 0 Å². The van der Waals surface area contributed by atoms with Crippen molar-refractivity contribution in [2.45, 2.75) is 0 Å². The molecule has 1 amide bonds. The number of nitrogens with one attached hydrogen (secondary N) is 2. The molecular weight excluding hydrogens is 294 g/mol. The highest BCUT2D eigenvalue weighted by atomic mass is 35.5. The molecule has 0 saturated heterocycles. The van der Waals surface area contributed by atoms with Crippen molar-refractivity contribution in [3.8, 4) is 0 Å². The first kappa shape index (κ1) is 13.3. The van der Waals surface area contributed by atoms with Gasteiger partial charge in [-0.2, -0.15) is 4.98 Å². The summed E-state index contributed by atoms with van der Waals surface area (Å²) in [5, 5.41) is 13.0. The van der Waals surface area contributed by atoms with Gasteiger partial charge in [0, 0.05) is 13.1 Å². The first-order valence-electron chi connectivity index (χ1n) is 6.05. The highest BCUT2D eigenvalue weighted by Gasteiger charge is 2.16. The molecule has 3 rings (SSSR count). The Hall–Kier alpha value is -2.67. The maximum Gasteiger partial charge on any atom is 0.300 e. The fourth-order valence-corrected chi connectivity index (χ4v) is 1.94. The highest BCUT2D eigenvalue weighted by molar-refractivity contribution is 6.29. The number of hydrogen-bond donors (Lipinski definition) is 2. The van der Waals surface area contributed by atoms with E-state index in [1.54, 1.807) is 6.07 Å². The molecule has 0 saturated carbocycles. The molecule has 1 aromatic carbocycles. The van der Waals surface area contributed by atoms with Gasteiger partial charge in [0.1, 0.15) is 5.52 Å². The van der Waals surface area contributed by atoms with Crippen molar-refractivity contribution in [3.63, 3.8) is 0 Å². The maximum absolute atomic E-state index is 11.8. The number of rotatable bonds is 3. The zero-order valence-electron chi connectivity index (χ0n) is 10.9. The topological polar surface area (TPSA) is 92.9 Å². The molecule has 0 aliphatic carbocycles. The molecule has 0 unspecified atom stereocenters. The summed E-state index contributed by atoms with van der Waals surface area (Å²) in [7, 11) is 1.50. The zero-order chi connectivity index (χ0) is 14.8. The normalized spacial score (nSPS) is 10.6. The number of halogens is 1. The number of benzene rings is 1. The lowest BCUT2D eigenvalue weighted by Gasteiger charge is -2.06. The molecule has 0 radical (unpaired) electrons. The highest BCUT2D eigenvalue weighted by Crippen LogP contribution is 2.24. The Morgan fingerprint density at radius 3 is 2.86 bits per heavy atom. The molecule has 3 aromatic rings. The third kappa shape index (κ3) is 2.63. The number of aromatic nitrogens is 3. The van der Waals surface area contributed by atoms with Crippen LogP contribution >= 0.6 is 11.6 Å². The molecular formula is C13H10ClN5O2. The van der Waals surface area contributed by atoms with Crippen LogP contribution in [0.15, 0.2) is 34.7 Å². The van der Waals surface area contributed by atoms with Crippen molar-refractivity contribution in [1.29, 1.82) is 0 Å².